The van der Waals surface area contributed by atoms with Crippen LogP contribution in [0.3, 0.4) is 0 Å². The summed E-state index contributed by atoms with van der Waals surface area (Å²) >= 11 is 0. The van der Waals surface area contributed by atoms with Crippen molar-refractivity contribution in [1.82, 2.24) is 0 Å². The number of carboxylic acids is 1. The average Bonchev–Trinajstić information content (AvgIpc) is 2.18. The van der Waals surface area contributed by atoms with Crippen LogP contribution >= 0.6 is 0 Å². The van der Waals surface area contributed by atoms with Crippen molar-refractivity contribution in [2.24, 2.45) is 5.92 Å². The second-order valence-electron chi connectivity index (χ2n) is 3.72. The van der Waals surface area contributed by atoms with Crippen LogP contribution in [0.5, 0.6) is 0 Å². The summed E-state index contributed by atoms with van der Waals surface area (Å²) in [5.41, 5.74) is 0.266. The lowest BCUT2D eigenvalue weighted by atomic mass is 9.94. The average molecular weight is 226 g/mol. The lowest BCUT2D eigenvalue weighted by molar-refractivity contribution is -0.131. The van der Waals surface area contributed by atoms with E-state index in [0.717, 1.165) is 24.3 Å². The van der Waals surface area contributed by atoms with Gasteiger partial charge in [0.15, 0.2) is 0 Å². The summed E-state index contributed by atoms with van der Waals surface area (Å²) in [5, 5.41) is 8.66. The molecule has 16 heavy (non-hydrogen) atoms. The van der Waals surface area contributed by atoms with Crippen LogP contribution in [0.15, 0.2) is 24.3 Å². The molecule has 0 saturated heterocycles. The summed E-state index contributed by atoms with van der Waals surface area (Å²) in [6.45, 7) is 3.44. The Kier molecular flexibility index (Phi) is 3.77. The van der Waals surface area contributed by atoms with Gasteiger partial charge in [0.05, 0.1) is 0 Å². The molecule has 0 spiro atoms. The molecule has 86 valence electrons. The van der Waals surface area contributed by atoms with Gasteiger partial charge in [-0.2, -0.15) is 0 Å². The molecule has 0 aliphatic rings. The Morgan fingerprint density at radius 1 is 1.38 bits per heavy atom. The normalized spacial score (nSPS) is 11.9. The lowest BCUT2D eigenvalue weighted by Gasteiger charge is -2.11. The van der Waals surface area contributed by atoms with Crippen LogP contribution < -0.4 is 0 Å². The maximum Gasteiger partial charge on any atom is 0.328 e. The minimum atomic E-state index is -1.17. The number of aliphatic carboxylic acids is 1. The van der Waals surface area contributed by atoms with Gasteiger partial charge in [-0.15, -0.1) is 0 Å². The molecule has 1 aromatic carbocycles. The van der Waals surface area contributed by atoms with Gasteiger partial charge in [0.1, 0.15) is 11.6 Å². The van der Waals surface area contributed by atoms with Crippen LogP contribution in [0.4, 0.5) is 8.78 Å². The quantitative estimate of drug-likeness (QED) is 0.804. The molecule has 1 N–H and O–H groups in total. The van der Waals surface area contributed by atoms with Gasteiger partial charge in [-0.3, -0.25) is 0 Å². The molecule has 2 nitrogen and oxygen atoms in total. The van der Waals surface area contributed by atoms with Crippen molar-refractivity contribution in [3.05, 3.63) is 41.5 Å². The number of allylic oxidation sites excluding steroid dienone is 1. The molecular formula is C12H12F2O2. The fraction of sp³-hybridized carbons (Fsp3) is 0.250. The van der Waals surface area contributed by atoms with E-state index in [1.165, 1.54) is 0 Å². The Morgan fingerprint density at radius 3 is 2.50 bits per heavy atom. The summed E-state index contributed by atoms with van der Waals surface area (Å²) < 4.78 is 26.4. The Labute approximate surface area is 92.2 Å². The van der Waals surface area contributed by atoms with Crippen molar-refractivity contribution < 1.29 is 18.7 Å². The van der Waals surface area contributed by atoms with Gasteiger partial charge < -0.3 is 5.11 Å². The second kappa shape index (κ2) is 4.88. The molecule has 0 aromatic heterocycles. The molecule has 0 radical (unpaired) electrons. The van der Waals surface area contributed by atoms with Crippen LogP contribution in [0.25, 0.3) is 5.57 Å². The number of hydrogen-bond acceptors (Lipinski definition) is 1. The van der Waals surface area contributed by atoms with Crippen LogP contribution in [-0.4, -0.2) is 11.1 Å². The van der Waals surface area contributed by atoms with E-state index in [9.17, 15) is 13.6 Å². The molecule has 0 amide bonds. The number of carboxylic acid groups (broad SMARTS) is 1. The third kappa shape index (κ3) is 2.89. The number of benzene rings is 1. The molecular weight excluding hydrogens is 214 g/mol. The first-order valence-corrected chi connectivity index (χ1v) is 4.81. The van der Waals surface area contributed by atoms with Gasteiger partial charge >= 0.3 is 5.97 Å². The Hall–Kier alpha value is -1.71. The maximum atomic E-state index is 13.4. The van der Waals surface area contributed by atoms with E-state index in [0.29, 0.717) is 0 Å². The van der Waals surface area contributed by atoms with Crippen LogP contribution in [0, 0.1) is 17.6 Å². The molecule has 0 heterocycles. The van der Waals surface area contributed by atoms with Crippen LogP contribution in [0.2, 0.25) is 0 Å². The number of halogens is 2. The monoisotopic (exact) mass is 226 g/mol. The summed E-state index contributed by atoms with van der Waals surface area (Å²) in [7, 11) is 0. The largest absolute Gasteiger partial charge is 0.478 e. The van der Waals surface area contributed by atoms with E-state index >= 15 is 0 Å². The number of carbonyl (C=O) groups is 1. The van der Waals surface area contributed by atoms with Crippen LogP contribution in [0.1, 0.15) is 19.4 Å². The van der Waals surface area contributed by atoms with Crippen molar-refractivity contribution in [3.8, 4) is 0 Å². The predicted octanol–water partition coefficient (Wildman–Crippen LogP) is 3.09. The topological polar surface area (TPSA) is 37.3 Å². The standard InChI is InChI=1S/C12H12F2O2/c1-7(2)9(6-12(15)16)10-5-8(13)3-4-11(10)14/h3-7H,1-2H3,(H,15,16)/b9-6+. The molecule has 1 rings (SSSR count). The van der Waals surface area contributed by atoms with E-state index in [1.807, 2.05) is 0 Å². The van der Waals surface area contributed by atoms with Crippen LogP contribution in [-0.2, 0) is 4.79 Å². The van der Waals surface area contributed by atoms with Gasteiger partial charge in [0.25, 0.3) is 0 Å². The summed E-state index contributed by atoms with van der Waals surface area (Å²) in [6.07, 6.45) is 0.905. The summed E-state index contributed by atoms with van der Waals surface area (Å²) in [5.74, 6) is -2.59. The molecule has 0 saturated carbocycles. The number of rotatable bonds is 3. The molecule has 0 bridgehead atoms. The third-order valence-electron chi connectivity index (χ3n) is 2.14. The Bertz CT molecular complexity index is 437. The summed E-state index contributed by atoms with van der Waals surface area (Å²) in [4.78, 5) is 10.6. The van der Waals surface area contributed by atoms with E-state index in [-0.39, 0.29) is 17.1 Å². The number of hydrogen-bond donors (Lipinski definition) is 1. The van der Waals surface area contributed by atoms with E-state index in [2.05, 4.69) is 0 Å². The molecule has 0 fully saturated rings. The van der Waals surface area contributed by atoms with E-state index in [1.54, 1.807) is 13.8 Å². The van der Waals surface area contributed by atoms with Crippen molar-refractivity contribution in [1.29, 1.82) is 0 Å². The molecule has 0 aliphatic heterocycles. The zero-order chi connectivity index (χ0) is 12.3. The lowest BCUT2D eigenvalue weighted by Crippen LogP contribution is -2.01. The smallest absolute Gasteiger partial charge is 0.328 e. The molecule has 4 heteroatoms. The predicted molar refractivity (Wildman–Crippen MR) is 56.8 cm³/mol. The fourth-order valence-corrected chi connectivity index (χ4v) is 1.41. The van der Waals surface area contributed by atoms with Gasteiger partial charge in [0.2, 0.25) is 0 Å². The van der Waals surface area contributed by atoms with Gasteiger partial charge in [-0.1, -0.05) is 13.8 Å². The third-order valence-corrected chi connectivity index (χ3v) is 2.14. The van der Waals surface area contributed by atoms with Gasteiger partial charge in [-0.25, -0.2) is 13.6 Å². The summed E-state index contributed by atoms with van der Waals surface area (Å²) in [6, 6.07) is 2.99. The second-order valence-corrected chi connectivity index (χ2v) is 3.72. The van der Waals surface area contributed by atoms with Crippen molar-refractivity contribution in [2.45, 2.75) is 13.8 Å². The Morgan fingerprint density at radius 2 is 2.00 bits per heavy atom. The molecule has 0 atom stereocenters. The Balaban J connectivity index is 3.31. The zero-order valence-electron chi connectivity index (χ0n) is 9.00. The molecule has 0 unspecified atom stereocenters. The molecule has 1 aromatic rings. The van der Waals surface area contributed by atoms with E-state index in [4.69, 9.17) is 5.11 Å². The van der Waals surface area contributed by atoms with Gasteiger partial charge in [0, 0.05) is 11.6 Å². The first-order chi connectivity index (χ1) is 7.41. The minimum absolute atomic E-state index is 0.00241. The first-order valence-electron chi connectivity index (χ1n) is 4.81. The SMILES string of the molecule is CC(C)/C(=C\C(=O)O)c1cc(F)ccc1F. The van der Waals surface area contributed by atoms with Crippen molar-refractivity contribution in [2.75, 3.05) is 0 Å². The van der Waals surface area contributed by atoms with Crippen molar-refractivity contribution >= 4 is 11.5 Å². The highest BCUT2D eigenvalue weighted by Crippen LogP contribution is 2.26. The molecule has 0 aliphatic carbocycles. The highest BCUT2D eigenvalue weighted by Gasteiger charge is 2.13. The van der Waals surface area contributed by atoms with Crippen molar-refractivity contribution in [3.63, 3.8) is 0 Å². The highest BCUT2D eigenvalue weighted by molar-refractivity contribution is 5.90. The fourth-order valence-electron chi connectivity index (χ4n) is 1.41. The highest BCUT2D eigenvalue weighted by atomic mass is 19.1. The van der Waals surface area contributed by atoms with E-state index < -0.39 is 17.6 Å². The minimum Gasteiger partial charge on any atom is -0.478 e. The first kappa shape index (κ1) is 12.4. The maximum absolute atomic E-state index is 13.4. The zero-order valence-corrected chi connectivity index (χ0v) is 9.00. The van der Waals surface area contributed by atoms with Gasteiger partial charge in [-0.05, 0) is 29.7 Å².